The summed E-state index contributed by atoms with van der Waals surface area (Å²) in [6.45, 7) is 9.63. The number of rotatable bonds is 4. The fraction of sp³-hybridized carbons (Fsp3) is 0.684. The van der Waals surface area contributed by atoms with Crippen LogP contribution in [-0.4, -0.2) is 64.6 Å². The molecule has 2 bridgehead atoms. The highest BCUT2D eigenvalue weighted by Gasteiger charge is 2.55. The van der Waals surface area contributed by atoms with Crippen molar-refractivity contribution in [3.05, 3.63) is 29.8 Å². The first-order valence-corrected chi connectivity index (χ1v) is 18.0. The molecule has 1 N–H and O–H groups in total. The van der Waals surface area contributed by atoms with Gasteiger partial charge < -0.3 is 24.4 Å². The van der Waals surface area contributed by atoms with Crippen molar-refractivity contribution in [3.8, 4) is 11.6 Å². The first-order chi connectivity index (χ1) is 22.5. The first-order valence-electron chi connectivity index (χ1n) is 18.0. The lowest BCUT2D eigenvalue weighted by atomic mass is 9.85. The van der Waals surface area contributed by atoms with Gasteiger partial charge >= 0.3 is 6.09 Å². The fourth-order valence-electron chi connectivity index (χ4n) is 8.61. The highest BCUT2D eigenvalue weighted by Crippen LogP contribution is 2.57. The quantitative estimate of drug-likeness (QED) is 0.398. The van der Waals surface area contributed by atoms with Gasteiger partial charge in [0, 0.05) is 22.9 Å². The molecule has 0 radical (unpaired) electrons. The topological polar surface area (TPSA) is 107 Å². The second kappa shape index (κ2) is 12.6. The second-order valence-electron chi connectivity index (χ2n) is 15.9. The van der Waals surface area contributed by atoms with Gasteiger partial charge in [-0.1, -0.05) is 40.5 Å². The summed E-state index contributed by atoms with van der Waals surface area (Å²) in [5, 5.41) is 4.00. The Kier molecular flexibility index (Phi) is 8.62. The maximum absolute atomic E-state index is 14.4. The minimum atomic E-state index is -0.861. The van der Waals surface area contributed by atoms with Crippen molar-refractivity contribution >= 4 is 28.7 Å². The van der Waals surface area contributed by atoms with Gasteiger partial charge in [0.15, 0.2) is 5.78 Å². The molecule has 254 valence electrons. The molecule has 2 aliphatic heterocycles. The normalized spacial score (nSPS) is 33.0. The lowest BCUT2D eigenvalue weighted by Gasteiger charge is -2.36. The molecule has 4 fully saturated rings. The molecule has 3 aliphatic carbocycles. The monoisotopic (exact) mass is 645 g/mol. The maximum Gasteiger partial charge on any atom is 0.408 e. The summed E-state index contributed by atoms with van der Waals surface area (Å²) in [7, 11) is 0. The van der Waals surface area contributed by atoms with E-state index in [0.717, 1.165) is 73.6 Å². The Morgan fingerprint density at radius 1 is 1.02 bits per heavy atom. The SMILES string of the molecule is CC[C@@H]1[C@@H]2CN(C(=O)[C@H](C(C)(C)C)NC(=O)O[C@@H]3CC4CC4[C@H]3CCCCCc3cc4ccc(OC5CC5)cc4nc3O2)[C@@H]1C(C)=O. The number of ether oxygens (including phenoxy) is 3. The number of alkyl carbamates (subject to hydrolysis) is 1. The van der Waals surface area contributed by atoms with Crippen LogP contribution in [0.5, 0.6) is 11.6 Å². The fourth-order valence-corrected chi connectivity index (χ4v) is 8.61. The Balaban J connectivity index is 1.24. The van der Waals surface area contributed by atoms with Gasteiger partial charge in [0.05, 0.1) is 24.2 Å². The third kappa shape index (κ3) is 6.68. The number of benzene rings is 1. The van der Waals surface area contributed by atoms with Gasteiger partial charge in [-0.2, -0.15) is 0 Å². The number of ketones is 1. The van der Waals surface area contributed by atoms with Crippen molar-refractivity contribution in [1.29, 1.82) is 0 Å². The minimum absolute atomic E-state index is 0.0842. The van der Waals surface area contributed by atoms with E-state index in [0.29, 0.717) is 30.1 Å². The molecule has 9 heteroatoms. The summed E-state index contributed by atoms with van der Waals surface area (Å²) in [6, 6.07) is 6.77. The standard InChI is InChI=1S/C38H51N3O6/c1-6-27-32-20-41(33(27)21(2)42)36(43)34(38(3,4)5)40-37(44)47-31-18-24-17-29(24)28(31)11-9-7-8-10-23-16-22-12-13-26(45-25-14-15-25)19-30(22)39-35(23)46-32/h12-13,16,19,24-25,27-29,31-34H,6-11,14-15,17-18,20H2,1-5H3,(H,40,44)/t24?,27-,28-,29?,31-,32+,33-,34-/m1/s1. The van der Waals surface area contributed by atoms with E-state index in [1.807, 2.05) is 39.8 Å². The van der Waals surface area contributed by atoms with Crippen molar-refractivity contribution < 1.29 is 28.6 Å². The van der Waals surface area contributed by atoms with Crippen LogP contribution in [0.15, 0.2) is 24.3 Å². The molecule has 5 aliphatic rings. The summed E-state index contributed by atoms with van der Waals surface area (Å²) in [5.74, 6) is 2.47. The summed E-state index contributed by atoms with van der Waals surface area (Å²) in [4.78, 5) is 47.8. The number of nitrogens with zero attached hydrogens (tertiary/aromatic N) is 2. The van der Waals surface area contributed by atoms with Crippen molar-refractivity contribution in [2.24, 2.45) is 29.1 Å². The highest BCUT2D eigenvalue weighted by atomic mass is 16.6. The molecule has 1 saturated heterocycles. The average molecular weight is 646 g/mol. The number of Topliss-reactive ketones (excluding diaryl/α,β-unsaturated/α-hetero) is 1. The van der Waals surface area contributed by atoms with E-state index >= 15 is 0 Å². The van der Waals surface area contributed by atoms with Gasteiger partial charge in [-0.3, -0.25) is 9.59 Å². The number of hydrogen-bond donors (Lipinski definition) is 1. The van der Waals surface area contributed by atoms with Gasteiger partial charge in [0.2, 0.25) is 11.8 Å². The van der Waals surface area contributed by atoms with E-state index in [-0.39, 0.29) is 36.4 Å². The number of hydrogen-bond acceptors (Lipinski definition) is 7. The average Bonchev–Trinajstić information content (AvgIpc) is 3.92. The highest BCUT2D eigenvalue weighted by molar-refractivity contribution is 5.92. The van der Waals surface area contributed by atoms with Gasteiger partial charge in [0.25, 0.3) is 0 Å². The Morgan fingerprint density at radius 3 is 2.55 bits per heavy atom. The summed E-state index contributed by atoms with van der Waals surface area (Å²) in [5.41, 5.74) is 1.26. The van der Waals surface area contributed by atoms with Gasteiger partial charge in [-0.25, -0.2) is 9.78 Å². The zero-order chi connectivity index (χ0) is 33.0. The Labute approximate surface area is 278 Å². The van der Waals surface area contributed by atoms with E-state index in [2.05, 4.69) is 17.4 Å². The molecule has 7 rings (SSSR count). The molecule has 0 spiro atoms. The molecule has 2 aromatic rings. The summed E-state index contributed by atoms with van der Waals surface area (Å²) < 4.78 is 19.0. The zero-order valence-electron chi connectivity index (χ0n) is 28.6. The Morgan fingerprint density at radius 2 is 1.83 bits per heavy atom. The molecule has 1 aromatic heterocycles. The number of fused-ring (bicyclic) bond motifs is 7. The number of amides is 2. The van der Waals surface area contributed by atoms with Crippen molar-refractivity contribution in [3.63, 3.8) is 0 Å². The molecular weight excluding hydrogens is 594 g/mol. The number of carbonyl (C=O) groups excluding carboxylic acids is 3. The Bertz CT molecular complexity index is 1530. The summed E-state index contributed by atoms with van der Waals surface area (Å²) >= 11 is 0. The van der Waals surface area contributed by atoms with Gasteiger partial charge in [-0.05, 0) is 99.7 Å². The predicted octanol–water partition coefficient (Wildman–Crippen LogP) is 6.63. The van der Waals surface area contributed by atoms with Crippen LogP contribution in [0.25, 0.3) is 10.9 Å². The number of nitrogens with one attached hydrogen (secondary N) is 1. The molecule has 2 unspecified atom stereocenters. The first kappa shape index (κ1) is 32.2. The zero-order valence-corrected chi connectivity index (χ0v) is 28.6. The number of aryl methyl sites for hydroxylation is 1. The number of aromatic nitrogens is 1. The molecular formula is C38H51N3O6. The molecule has 9 nitrogen and oxygen atoms in total. The van der Waals surface area contributed by atoms with Gasteiger partial charge in [-0.15, -0.1) is 0 Å². The number of carbonyl (C=O) groups is 3. The third-order valence-electron chi connectivity index (χ3n) is 11.3. The van der Waals surface area contributed by atoms with Crippen LogP contribution in [0.1, 0.15) is 98.0 Å². The number of pyridine rings is 1. The smallest absolute Gasteiger partial charge is 0.408 e. The van der Waals surface area contributed by atoms with Crippen molar-refractivity contribution in [1.82, 2.24) is 15.2 Å². The largest absolute Gasteiger partial charge is 0.490 e. The molecule has 3 saturated carbocycles. The van der Waals surface area contributed by atoms with Gasteiger partial charge in [0.1, 0.15) is 24.0 Å². The van der Waals surface area contributed by atoms with Crippen LogP contribution in [0, 0.1) is 29.1 Å². The van der Waals surface area contributed by atoms with E-state index in [9.17, 15) is 14.4 Å². The van der Waals surface area contributed by atoms with Crippen LogP contribution in [0.2, 0.25) is 0 Å². The second-order valence-corrected chi connectivity index (χ2v) is 15.9. The lowest BCUT2D eigenvalue weighted by Crippen LogP contribution is -2.57. The molecule has 8 atom stereocenters. The van der Waals surface area contributed by atoms with Crippen molar-refractivity contribution in [2.75, 3.05) is 6.54 Å². The lowest BCUT2D eigenvalue weighted by molar-refractivity contribution is -0.141. The van der Waals surface area contributed by atoms with E-state index in [1.54, 1.807) is 11.8 Å². The van der Waals surface area contributed by atoms with Crippen molar-refractivity contribution in [2.45, 2.75) is 129 Å². The van der Waals surface area contributed by atoms with Crippen LogP contribution in [-0.2, 0) is 20.7 Å². The van der Waals surface area contributed by atoms with Crippen LogP contribution in [0.4, 0.5) is 4.79 Å². The summed E-state index contributed by atoms with van der Waals surface area (Å²) in [6.07, 6.45) is 9.18. The van der Waals surface area contributed by atoms with Crippen LogP contribution < -0.4 is 14.8 Å². The van der Waals surface area contributed by atoms with Crippen LogP contribution in [0.3, 0.4) is 0 Å². The van der Waals surface area contributed by atoms with E-state index in [4.69, 9.17) is 19.2 Å². The Hall–Kier alpha value is -3.36. The third-order valence-corrected chi connectivity index (χ3v) is 11.3. The van der Waals surface area contributed by atoms with E-state index < -0.39 is 29.7 Å². The molecule has 47 heavy (non-hydrogen) atoms. The molecule has 2 amide bonds. The maximum atomic E-state index is 14.4. The van der Waals surface area contributed by atoms with E-state index in [1.165, 1.54) is 6.42 Å². The predicted molar refractivity (Wildman–Crippen MR) is 178 cm³/mol. The molecule has 1 aromatic carbocycles. The molecule has 3 heterocycles. The minimum Gasteiger partial charge on any atom is -0.490 e. The van der Waals surface area contributed by atoms with Crippen LogP contribution >= 0.6 is 0 Å².